The smallest absolute Gasteiger partial charge is 0.308 e. The van der Waals surface area contributed by atoms with Gasteiger partial charge in [-0.3, -0.25) is 4.79 Å². The minimum Gasteiger partial charge on any atom is -0.466 e. The summed E-state index contributed by atoms with van der Waals surface area (Å²) in [6, 6.07) is 6.58. The van der Waals surface area contributed by atoms with E-state index in [1.54, 1.807) is 31.2 Å². The lowest BCUT2D eigenvalue weighted by Crippen LogP contribution is -2.23. The van der Waals surface area contributed by atoms with Crippen molar-refractivity contribution >= 4 is 5.97 Å². The Morgan fingerprint density at radius 3 is 2.72 bits per heavy atom. The Hall–Kier alpha value is -1.43. The summed E-state index contributed by atoms with van der Waals surface area (Å²) in [4.78, 5) is 11.2. The summed E-state index contributed by atoms with van der Waals surface area (Å²) in [6.45, 7) is 1.77. The van der Waals surface area contributed by atoms with Gasteiger partial charge in [0, 0.05) is 0 Å². The van der Waals surface area contributed by atoms with Gasteiger partial charge in [0.1, 0.15) is 6.10 Å². The monoisotopic (exact) mass is 254 g/mol. The van der Waals surface area contributed by atoms with E-state index in [9.17, 15) is 15.0 Å². The Labute approximate surface area is 106 Å². The highest BCUT2D eigenvalue weighted by atomic mass is 16.5. The molecule has 1 aromatic rings. The van der Waals surface area contributed by atoms with Gasteiger partial charge in [0.25, 0.3) is 0 Å². The summed E-state index contributed by atoms with van der Waals surface area (Å²) in [7, 11) is 0. The Kier molecular flexibility index (Phi) is 5.77. The molecular weight excluding hydrogens is 236 g/mol. The normalized spacial score (nSPS) is 14.0. The minimum absolute atomic E-state index is 0.144. The molecule has 2 unspecified atom stereocenters. The molecule has 0 aliphatic carbocycles. The molecule has 5 heteroatoms. The van der Waals surface area contributed by atoms with Gasteiger partial charge in [-0.1, -0.05) is 24.3 Å². The van der Waals surface area contributed by atoms with Crippen LogP contribution >= 0.6 is 0 Å². The van der Waals surface area contributed by atoms with E-state index in [-0.39, 0.29) is 19.6 Å². The number of benzene rings is 1. The lowest BCUT2D eigenvalue weighted by atomic mass is 10.0. The van der Waals surface area contributed by atoms with E-state index in [4.69, 9.17) is 9.84 Å². The number of carbonyl (C=O) groups is 1. The zero-order valence-corrected chi connectivity index (χ0v) is 10.2. The molecule has 0 saturated heterocycles. The van der Waals surface area contributed by atoms with Crippen molar-refractivity contribution in [3.8, 4) is 0 Å². The standard InChI is InChI=1S/C13H18O5/c1-2-18-12(16)7-11(15)13(17)10-5-3-4-9(6-10)8-14/h3-6,11,13-15,17H,2,7-8H2,1H3. The van der Waals surface area contributed by atoms with Gasteiger partial charge < -0.3 is 20.1 Å². The van der Waals surface area contributed by atoms with Crippen molar-refractivity contribution in [1.82, 2.24) is 0 Å². The van der Waals surface area contributed by atoms with Crippen molar-refractivity contribution in [2.24, 2.45) is 0 Å². The molecule has 0 aliphatic rings. The van der Waals surface area contributed by atoms with Gasteiger partial charge in [0.15, 0.2) is 0 Å². The molecule has 0 radical (unpaired) electrons. The highest BCUT2D eigenvalue weighted by molar-refractivity contribution is 5.70. The van der Waals surface area contributed by atoms with E-state index in [2.05, 4.69) is 0 Å². The molecular formula is C13H18O5. The molecule has 1 rings (SSSR count). The molecule has 0 aromatic heterocycles. The second kappa shape index (κ2) is 7.10. The van der Waals surface area contributed by atoms with Gasteiger partial charge in [0.2, 0.25) is 0 Å². The molecule has 1 aromatic carbocycles. The predicted molar refractivity (Wildman–Crippen MR) is 64.6 cm³/mol. The molecule has 3 N–H and O–H groups in total. The number of aliphatic hydroxyl groups excluding tert-OH is 3. The third-order valence-corrected chi connectivity index (χ3v) is 2.52. The molecule has 0 aliphatic heterocycles. The fraction of sp³-hybridized carbons (Fsp3) is 0.462. The number of hydrogen-bond acceptors (Lipinski definition) is 5. The van der Waals surface area contributed by atoms with E-state index in [1.165, 1.54) is 0 Å². The van der Waals surface area contributed by atoms with Crippen molar-refractivity contribution in [2.45, 2.75) is 32.2 Å². The van der Waals surface area contributed by atoms with Crippen LogP contribution in [0.2, 0.25) is 0 Å². The summed E-state index contributed by atoms with van der Waals surface area (Å²) in [5, 5.41) is 28.6. The maximum atomic E-state index is 11.2. The highest BCUT2D eigenvalue weighted by Gasteiger charge is 2.22. The van der Waals surface area contributed by atoms with E-state index in [0.29, 0.717) is 11.1 Å². The van der Waals surface area contributed by atoms with Gasteiger partial charge >= 0.3 is 5.97 Å². The minimum atomic E-state index is -1.22. The summed E-state index contributed by atoms with van der Waals surface area (Å²) in [5.74, 6) is -0.553. The van der Waals surface area contributed by atoms with Crippen molar-refractivity contribution in [2.75, 3.05) is 6.61 Å². The third kappa shape index (κ3) is 4.10. The fourth-order valence-corrected chi connectivity index (χ4v) is 1.60. The summed E-state index contributed by atoms with van der Waals surface area (Å²) < 4.78 is 4.69. The molecule has 5 nitrogen and oxygen atoms in total. The third-order valence-electron chi connectivity index (χ3n) is 2.52. The van der Waals surface area contributed by atoms with E-state index in [1.807, 2.05) is 0 Å². The summed E-state index contributed by atoms with van der Waals surface area (Å²) in [6.07, 6.45) is -2.67. The number of rotatable bonds is 6. The molecule has 18 heavy (non-hydrogen) atoms. The zero-order valence-electron chi connectivity index (χ0n) is 10.2. The number of carbonyl (C=O) groups excluding carboxylic acids is 1. The molecule has 0 heterocycles. The first-order chi connectivity index (χ1) is 8.58. The van der Waals surface area contributed by atoms with Crippen LogP contribution in [0.5, 0.6) is 0 Å². The molecule has 0 bridgehead atoms. The van der Waals surface area contributed by atoms with Crippen LogP contribution in [0.4, 0.5) is 0 Å². The highest BCUT2D eigenvalue weighted by Crippen LogP contribution is 2.20. The van der Waals surface area contributed by atoms with Crippen LogP contribution in [0.15, 0.2) is 24.3 Å². The first-order valence-electron chi connectivity index (χ1n) is 5.80. The van der Waals surface area contributed by atoms with Gasteiger partial charge in [-0.15, -0.1) is 0 Å². The quantitative estimate of drug-likeness (QED) is 0.644. The van der Waals surface area contributed by atoms with Crippen LogP contribution in [-0.2, 0) is 16.1 Å². The largest absolute Gasteiger partial charge is 0.466 e. The Balaban J connectivity index is 2.67. The molecule has 0 fully saturated rings. The van der Waals surface area contributed by atoms with Gasteiger partial charge in [0.05, 0.1) is 25.7 Å². The van der Waals surface area contributed by atoms with E-state index >= 15 is 0 Å². The molecule has 100 valence electrons. The van der Waals surface area contributed by atoms with Crippen molar-refractivity contribution < 1.29 is 24.9 Å². The number of hydrogen-bond donors (Lipinski definition) is 3. The average Bonchev–Trinajstić information content (AvgIpc) is 2.38. The number of esters is 1. The maximum Gasteiger partial charge on any atom is 0.308 e. The molecule has 2 atom stereocenters. The predicted octanol–water partition coefficient (Wildman–Crippen LogP) is 0.526. The second-order valence-corrected chi connectivity index (χ2v) is 3.92. The Morgan fingerprint density at radius 2 is 2.11 bits per heavy atom. The van der Waals surface area contributed by atoms with Gasteiger partial charge in [-0.05, 0) is 18.1 Å². The van der Waals surface area contributed by atoms with Crippen LogP contribution in [0.25, 0.3) is 0 Å². The lowest BCUT2D eigenvalue weighted by Gasteiger charge is -2.17. The molecule has 0 spiro atoms. The van der Waals surface area contributed by atoms with Crippen LogP contribution in [-0.4, -0.2) is 34.0 Å². The number of aliphatic hydroxyl groups is 3. The van der Waals surface area contributed by atoms with Crippen molar-refractivity contribution in [1.29, 1.82) is 0 Å². The maximum absolute atomic E-state index is 11.2. The van der Waals surface area contributed by atoms with Gasteiger partial charge in [-0.2, -0.15) is 0 Å². The van der Waals surface area contributed by atoms with Crippen LogP contribution in [0.1, 0.15) is 30.6 Å². The first kappa shape index (κ1) is 14.6. The lowest BCUT2D eigenvalue weighted by molar-refractivity contribution is -0.147. The molecule has 0 saturated carbocycles. The van der Waals surface area contributed by atoms with Crippen LogP contribution in [0, 0.1) is 0 Å². The average molecular weight is 254 g/mol. The van der Waals surface area contributed by atoms with Crippen LogP contribution < -0.4 is 0 Å². The fourth-order valence-electron chi connectivity index (χ4n) is 1.60. The SMILES string of the molecule is CCOC(=O)CC(O)C(O)c1cccc(CO)c1. The Bertz CT molecular complexity index is 391. The van der Waals surface area contributed by atoms with E-state index < -0.39 is 18.2 Å². The van der Waals surface area contributed by atoms with Crippen LogP contribution in [0.3, 0.4) is 0 Å². The zero-order chi connectivity index (χ0) is 13.5. The summed E-state index contributed by atoms with van der Waals surface area (Å²) in [5.41, 5.74) is 1.09. The Morgan fingerprint density at radius 1 is 1.39 bits per heavy atom. The van der Waals surface area contributed by atoms with E-state index in [0.717, 1.165) is 0 Å². The topological polar surface area (TPSA) is 87.0 Å². The number of ether oxygens (including phenoxy) is 1. The summed E-state index contributed by atoms with van der Waals surface area (Å²) >= 11 is 0. The van der Waals surface area contributed by atoms with Gasteiger partial charge in [-0.25, -0.2) is 0 Å². The second-order valence-electron chi connectivity index (χ2n) is 3.92. The van der Waals surface area contributed by atoms with Crippen molar-refractivity contribution in [3.05, 3.63) is 35.4 Å². The molecule has 0 amide bonds. The van der Waals surface area contributed by atoms with Crippen molar-refractivity contribution in [3.63, 3.8) is 0 Å². The first-order valence-corrected chi connectivity index (χ1v) is 5.80.